The van der Waals surface area contributed by atoms with Crippen molar-refractivity contribution in [2.75, 3.05) is 5.32 Å². The number of nitrogens with one attached hydrogen (secondary N) is 2. The summed E-state index contributed by atoms with van der Waals surface area (Å²) in [6.45, 7) is 5.53. The van der Waals surface area contributed by atoms with Crippen LogP contribution in [-0.4, -0.2) is 11.8 Å². The third kappa shape index (κ3) is 3.67. The summed E-state index contributed by atoms with van der Waals surface area (Å²) in [5.74, 6) is 1.47. The van der Waals surface area contributed by atoms with E-state index in [9.17, 15) is 9.59 Å². The minimum Gasteiger partial charge on any atom is -0.466 e. The van der Waals surface area contributed by atoms with Crippen LogP contribution in [0.4, 0.5) is 5.69 Å². The van der Waals surface area contributed by atoms with Gasteiger partial charge in [-0.2, -0.15) is 0 Å². The summed E-state index contributed by atoms with van der Waals surface area (Å²) in [5.41, 5.74) is 2.33. The zero-order valence-electron chi connectivity index (χ0n) is 14.2. The van der Waals surface area contributed by atoms with Crippen molar-refractivity contribution in [2.45, 2.75) is 39.7 Å². The summed E-state index contributed by atoms with van der Waals surface area (Å²) in [6.07, 6.45) is 1.97. The zero-order chi connectivity index (χ0) is 17.3. The van der Waals surface area contributed by atoms with Gasteiger partial charge in [-0.1, -0.05) is 12.1 Å². The molecule has 1 aliphatic carbocycles. The van der Waals surface area contributed by atoms with Crippen molar-refractivity contribution in [3.05, 3.63) is 53.0 Å². The monoisotopic (exact) mass is 326 g/mol. The first-order valence-corrected chi connectivity index (χ1v) is 8.23. The van der Waals surface area contributed by atoms with Gasteiger partial charge in [0.25, 0.3) is 5.91 Å². The minimum absolute atomic E-state index is 0.0925. The Kier molecular flexibility index (Phi) is 4.42. The molecule has 2 N–H and O–H groups in total. The lowest BCUT2D eigenvalue weighted by Crippen LogP contribution is -2.26. The summed E-state index contributed by atoms with van der Waals surface area (Å²) >= 11 is 0. The van der Waals surface area contributed by atoms with Crippen LogP contribution in [-0.2, 0) is 4.79 Å². The molecule has 5 heteroatoms. The van der Waals surface area contributed by atoms with Crippen LogP contribution >= 0.6 is 0 Å². The summed E-state index contributed by atoms with van der Waals surface area (Å²) < 4.78 is 5.40. The molecule has 0 radical (unpaired) electrons. The molecule has 0 bridgehead atoms. The van der Waals surface area contributed by atoms with E-state index in [4.69, 9.17) is 4.42 Å². The Morgan fingerprint density at radius 1 is 1.17 bits per heavy atom. The summed E-state index contributed by atoms with van der Waals surface area (Å²) in [4.78, 5) is 24.1. The van der Waals surface area contributed by atoms with Gasteiger partial charge in [0.1, 0.15) is 11.5 Å². The molecule has 0 spiro atoms. The van der Waals surface area contributed by atoms with E-state index in [0.717, 1.165) is 29.9 Å². The van der Waals surface area contributed by atoms with E-state index in [1.807, 2.05) is 38.1 Å². The molecule has 1 heterocycles. The Hall–Kier alpha value is -2.56. The van der Waals surface area contributed by atoms with Crippen LogP contribution in [0, 0.1) is 19.8 Å². The average molecular weight is 326 g/mol. The van der Waals surface area contributed by atoms with Crippen molar-refractivity contribution in [1.29, 1.82) is 0 Å². The highest BCUT2D eigenvalue weighted by atomic mass is 16.3. The number of anilines is 1. The van der Waals surface area contributed by atoms with Crippen molar-refractivity contribution < 1.29 is 14.0 Å². The van der Waals surface area contributed by atoms with Crippen molar-refractivity contribution in [3.8, 4) is 0 Å². The topological polar surface area (TPSA) is 71.3 Å². The average Bonchev–Trinajstić information content (AvgIpc) is 3.33. The second-order valence-corrected chi connectivity index (χ2v) is 6.41. The van der Waals surface area contributed by atoms with Crippen LogP contribution in [0.5, 0.6) is 0 Å². The number of furan rings is 1. The van der Waals surface area contributed by atoms with Gasteiger partial charge in [0.2, 0.25) is 5.91 Å². The third-order valence-electron chi connectivity index (χ3n) is 4.26. The number of carbonyl (C=O) groups is 2. The molecule has 5 nitrogen and oxygen atoms in total. The first-order valence-electron chi connectivity index (χ1n) is 8.23. The van der Waals surface area contributed by atoms with Crippen LogP contribution in [0.1, 0.15) is 53.2 Å². The maximum absolute atomic E-state index is 12.3. The standard InChI is InChI=1S/C19H22N2O3/c1-11-10-17(13(3)24-11)19(23)20-12(2)14-6-8-16(9-7-14)21-18(22)15-4-5-15/h6-10,12,15H,4-5H2,1-3H3,(H,20,23)(H,21,22)/t12-/m0/s1. The predicted molar refractivity (Wildman–Crippen MR) is 91.9 cm³/mol. The number of hydrogen-bond acceptors (Lipinski definition) is 3. The predicted octanol–water partition coefficient (Wildman–Crippen LogP) is 3.74. The van der Waals surface area contributed by atoms with Crippen LogP contribution in [0.15, 0.2) is 34.7 Å². The van der Waals surface area contributed by atoms with Crippen LogP contribution in [0.2, 0.25) is 0 Å². The van der Waals surface area contributed by atoms with E-state index >= 15 is 0 Å². The highest BCUT2D eigenvalue weighted by Gasteiger charge is 2.29. The minimum atomic E-state index is -0.150. The quantitative estimate of drug-likeness (QED) is 0.879. The van der Waals surface area contributed by atoms with E-state index in [2.05, 4.69) is 10.6 Å². The molecule has 3 rings (SSSR count). The van der Waals surface area contributed by atoms with Gasteiger partial charge in [0.15, 0.2) is 0 Å². The molecular formula is C19H22N2O3. The second-order valence-electron chi connectivity index (χ2n) is 6.41. The molecule has 1 atom stereocenters. The van der Waals surface area contributed by atoms with Crippen molar-refractivity contribution in [2.24, 2.45) is 5.92 Å². The van der Waals surface area contributed by atoms with E-state index < -0.39 is 0 Å². The van der Waals surface area contributed by atoms with Crippen molar-refractivity contribution in [3.63, 3.8) is 0 Å². The molecule has 0 saturated heterocycles. The van der Waals surface area contributed by atoms with Crippen molar-refractivity contribution >= 4 is 17.5 Å². The fourth-order valence-electron chi connectivity index (χ4n) is 2.66. The Balaban J connectivity index is 1.62. The van der Waals surface area contributed by atoms with E-state index in [0.29, 0.717) is 11.3 Å². The molecule has 2 aromatic rings. The highest BCUT2D eigenvalue weighted by molar-refractivity contribution is 5.95. The van der Waals surface area contributed by atoms with E-state index in [1.165, 1.54) is 0 Å². The number of rotatable bonds is 5. The first kappa shape index (κ1) is 16.3. The number of aryl methyl sites for hydroxylation is 2. The molecule has 1 fully saturated rings. The summed E-state index contributed by atoms with van der Waals surface area (Å²) in [5, 5.41) is 5.88. The van der Waals surface area contributed by atoms with Gasteiger partial charge in [-0.3, -0.25) is 9.59 Å². The molecular weight excluding hydrogens is 304 g/mol. The second kappa shape index (κ2) is 6.51. The SMILES string of the molecule is Cc1cc(C(=O)N[C@@H](C)c2ccc(NC(=O)C3CC3)cc2)c(C)o1. The van der Waals surface area contributed by atoms with Crippen LogP contribution in [0.3, 0.4) is 0 Å². The van der Waals surface area contributed by atoms with Gasteiger partial charge in [0, 0.05) is 11.6 Å². The van der Waals surface area contributed by atoms with Crippen molar-refractivity contribution in [1.82, 2.24) is 5.32 Å². The largest absolute Gasteiger partial charge is 0.466 e. The molecule has 24 heavy (non-hydrogen) atoms. The molecule has 0 unspecified atom stereocenters. The Morgan fingerprint density at radius 2 is 1.83 bits per heavy atom. The molecule has 1 saturated carbocycles. The molecule has 2 amide bonds. The van der Waals surface area contributed by atoms with Gasteiger partial charge in [0.05, 0.1) is 11.6 Å². The van der Waals surface area contributed by atoms with Gasteiger partial charge in [-0.15, -0.1) is 0 Å². The Morgan fingerprint density at radius 3 is 2.38 bits per heavy atom. The smallest absolute Gasteiger partial charge is 0.255 e. The van der Waals surface area contributed by atoms with Gasteiger partial charge in [-0.05, 0) is 57.4 Å². The molecule has 126 valence electrons. The Bertz CT molecular complexity index is 757. The van der Waals surface area contributed by atoms with Gasteiger partial charge in [-0.25, -0.2) is 0 Å². The Labute approximate surface area is 141 Å². The fourth-order valence-corrected chi connectivity index (χ4v) is 2.66. The maximum Gasteiger partial charge on any atom is 0.255 e. The highest BCUT2D eigenvalue weighted by Crippen LogP contribution is 2.30. The lowest BCUT2D eigenvalue weighted by molar-refractivity contribution is -0.117. The lowest BCUT2D eigenvalue weighted by Gasteiger charge is -2.15. The molecule has 0 aliphatic heterocycles. The molecule has 1 aromatic heterocycles. The zero-order valence-corrected chi connectivity index (χ0v) is 14.2. The number of benzene rings is 1. The van der Waals surface area contributed by atoms with E-state index in [1.54, 1.807) is 13.0 Å². The lowest BCUT2D eigenvalue weighted by atomic mass is 10.1. The first-order chi connectivity index (χ1) is 11.4. The molecule has 1 aromatic carbocycles. The number of hydrogen-bond donors (Lipinski definition) is 2. The van der Waals surface area contributed by atoms with Crippen LogP contribution in [0.25, 0.3) is 0 Å². The summed E-state index contributed by atoms with van der Waals surface area (Å²) in [7, 11) is 0. The summed E-state index contributed by atoms with van der Waals surface area (Å²) in [6, 6.07) is 9.17. The molecule has 1 aliphatic rings. The fraction of sp³-hybridized carbons (Fsp3) is 0.368. The van der Waals surface area contributed by atoms with Crippen LogP contribution < -0.4 is 10.6 Å². The third-order valence-corrected chi connectivity index (χ3v) is 4.26. The normalized spacial score (nSPS) is 15.0. The van der Waals surface area contributed by atoms with Gasteiger partial charge < -0.3 is 15.1 Å². The maximum atomic E-state index is 12.3. The van der Waals surface area contributed by atoms with E-state index in [-0.39, 0.29) is 23.8 Å². The number of amides is 2. The van der Waals surface area contributed by atoms with Gasteiger partial charge >= 0.3 is 0 Å². The number of carbonyl (C=O) groups excluding carboxylic acids is 2.